The van der Waals surface area contributed by atoms with Gasteiger partial charge >= 0.3 is 5.97 Å². The maximum Gasteiger partial charge on any atom is 0.327 e. The van der Waals surface area contributed by atoms with Crippen molar-refractivity contribution < 1.29 is 9.53 Å². The zero-order valence-electron chi connectivity index (χ0n) is 11.0. The van der Waals surface area contributed by atoms with E-state index in [0.717, 1.165) is 20.5 Å². The first kappa shape index (κ1) is 12.8. The number of aromatic nitrogens is 2. The third-order valence-corrected chi connectivity index (χ3v) is 4.43. The molecule has 0 bridgehead atoms. The van der Waals surface area contributed by atoms with Crippen LogP contribution in [0.1, 0.15) is 5.69 Å². The SMILES string of the molecule is COC(=O)Cn1nc(C)c2sc3ccccc3c2c1=O. The Morgan fingerprint density at radius 3 is 2.90 bits per heavy atom. The fourth-order valence-corrected chi connectivity index (χ4v) is 3.34. The molecule has 0 aliphatic heterocycles. The maximum absolute atomic E-state index is 12.5. The number of rotatable bonds is 2. The van der Waals surface area contributed by atoms with E-state index in [4.69, 9.17) is 0 Å². The molecule has 0 saturated carbocycles. The molecule has 3 aromatic rings. The van der Waals surface area contributed by atoms with Crippen molar-refractivity contribution in [3.8, 4) is 0 Å². The van der Waals surface area contributed by atoms with Gasteiger partial charge in [0, 0.05) is 10.1 Å². The molecule has 3 rings (SSSR count). The average Bonchev–Trinajstić information content (AvgIpc) is 2.84. The van der Waals surface area contributed by atoms with Gasteiger partial charge in [-0.15, -0.1) is 11.3 Å². The molecule has 6 heteroatoms. The second kappa shape index (κ2) is 4.72. The first-order valence-corrected chi connectivity index (χ1v) is 6.89. The Balaban J connectivity index is 2.36. The molecule has 0 unspecified atom stereocenters. The average molecular weight is 288 g/mol. The molecule has 102 valence electrons. The minimum absolute atomic E-state index is 0.170. The third kappa shape index (κ3) is 1.89. The summed E-state index contributed by atoms with van der Waals surface area (Å²) < 4.78 is 7.68. The zero-order chi connectivity index (χ0) is 14.3. The van der Waals surface area contributed by atoms with E-state index in [1.807, 2.05) is 31.2 Å². The minimum Gasteiger partial charge on any atom is -0.468 e. The van der Waals surface area contributed by atoms with Crippen LogP contribution < -0.4 is 5.56 Å². The molecule has 0 aliphatic carbocycles. The van der Waals surface area contributed by atoms with Crippen molar-refractivity contribution in [1.29, 1.82) is 0 Å². The lowest BCUT2D eigenvalue weighted by atomic mass is 10.2. The lowest BCUT2D eigenvalue weighted by Crippen LogP contribution is -2.27. The van der Waals surface area contributed by atoms with Gasteiger partial charge in [0.2, 0.25) is 0 Å². The van der Waals surface area contributed by atoms with Gasteiger partial charge in [-0.25, -0.2) is 4.68 Å². The van der Waals surface area contributed by atoms with E-state index in [-0.39, 0.29) is 12.1 Å². The summed E-state index contributed by atoms with van der Waals surface area (Å²) in [5, 5.41) is 5.73. The van der Waals surface area contributed by atoms with Crippen LogP contribution in [0.4, 0.5) is 0 Å². The van der Waals surface area contributed by atoms with Gasteiger partial charge in [0.1, 0.15) is 6.54 Å². The predicted molar refractivity (Wildman–Crippen MR) is 78.1 cm³/mol. The van der Waals surface area contributed by atoms with Crippen molar-refractivity contribution in [2.75, 3.05) is 7.11 Å². The zero-order valence-corrected chi connectivity index (χ0v) is 11.9. The standard InChI is InChI=1S/C14H12N2O3S/c1-8-13-12(9-5-3-4-6-10(9)20-13)14(18)16(15-8)7-11(17)19-2/h3-6H,7H2,1-2H3. The Kier molecular flexibility index (Phi) is 3.02. The lowest BCUT2D eigenvalue weighted by Gasteiger charge is -2.05. The Morgan fingerprint density at radius 1 is 1.40 bits per heavy atom. The van der Waals surface area contributed by atoms with Crippen molar-refractivity contribution in [2.45, 2.75) is 13.5 Å². The van der Waals surface area contributed by atoms with Crippen LogP contribution in [0.15, 0.2) is 29.1 Å². The number of carbonyl (C=O) groups excluding carboxylic acids is 1. The van der Waals surface area contributed by atoms with Gasteiger partial charge in [0.15, 0.2) is 0 Å². The second-order valence-corrected chi connectivity index (χ2v) is 5.48. The fraction of sp³-hybridized carbons (Fsp3) is 0.214. The maximum atomic E-state index is 12.5. The summed E-state index contributed by atoms with van der Waals surface area (Å²) >= 11 is 1.54. The molecule has 0 spiro atoms. The molecule has 0 aliphatic rings. The number of hydrogen-bond acceptors (Lipinski definition) is 5. The molecule has 0 atom stereocenters. The van der Waals surface area contributed by atoms with E-state index >= 15 is 0 Å². The Morgan fingerprint density at radius 2 is 2.15 bits per heavy atom. The topological polar surface area (TPSA) is 61.2 Å². The van der Waals surface area contributed by atoms with Crippen molar-refractivity contribution in [2.24, 2.45) is 0 Å². The molecule has 0 radical (unpaired) electrons. The summed E-state index contributed by atoms with van der Waals surface area (Å²) in [7, 11) is 1.29. The van der Waals surface area contributed by atoms with Gasteiger partial charge in [0.25, 0.3) is 5.56 Å². The van der Waals surface area contributed by atoms with Crippen LogP contribution in [0, 0.1) is 6.92 Å². The van der Waals surface area contributed by atoms with Crippen LogP contribution in [0.2, 0.25) is 0 Å². The van der Waals surface area contributed by atoms with Crippen LogP contribution in [0.25, 0.3) is 20.2 Å². The smallest absolute Gasteiger partial charge is 0.327 e. The van der Waals surface area contributed by atoms with E-state index in [2.05, 4.69) is 9.84 Å². The number of thiophene rings is 1. The number of methoxy groups -OCH3 is 1. The highest BCUT2D eigenvalue weighted by atomic mass is 32.1. The number of ether oxygens (including phenoxy) is 1. The van der Waals surface area contributed by atoms with E-state index in [0.29, 0.717) is 5.39 Å². The van der Waals surface area contributed by atoms with Crippen LogP contribution in [0.5, 0.6) is 0 Å². The molecular weight excluding hydrogens is 276 g/mol. The number of aryl methyl sites for hydroxylation is 1. The van der Waals surface area contributed by atoms with Crippen molar-refractivity contribution >= 4 is 37.5 Å². The van der Waals surface area contributed by atoms with Gasteiger partial charge < -0.3 is 4.74 Å². The molecule has 0 N–H and O–H groups in total. The van der Waals surface area contributed by atoms with E-state index in [1.165, 1.54) is 11.8 Å². The lowest BCUT2D eigenvalue weighted by molar-refractivity contribution is -0.141. The molecular formula is C14H12N2O3S. The van der Waals surface area contributed by atoms with Crippen LogP contribution in [-0.2, 0) is 16.1 Å². The van der Waals surface area contributed by atoms with E-state index in [1.54, 1.807) is 11.3 Å². The third-order valence-electron chi connectivity index (χ3n) is 3.15. The van der Waals surface area contributed by atoms with Crippen LogP contribution in [0.3, 0.4) is 0 Å². The Hall–Kier alpha value is -2.21. The normalized spacial score (nSPS) is 11.1. The molecule has 0 amide bonds. The highest BCUT2D eigenvalue weighted by Crippen LogP contribution is 2.32. The van der Waals surface area contributed by atoms with Gasteiger partial charge in [-0.3, -0.25) is 9.59 Å². The molecule has 5 nitrogen and oxygen atoms in total. The minimum atomic E-state index is -0.488. The van der Waals surface area contributed by atoms with Crippen LogP contribution in [-0.4, -0.2) is 22.9 Å². The Labute approximate surface area is 118 Å². The summed E-state index contributed by atoms with van der Waals surface area (Å²) in [6, 6.07) is 7.73. The van der Waals surface area contributed by atoms with Gasteiger partial charge in [-0.2, -0.15) is 5.10 Å². The first-order valence-electron chi connectivity index (χ1n) is 6.07. The number of esters is 1. The molecule has 1 aromatic carbocycles. The van der Waals surface area contributed by atoms with Crippen molar-refractivity contribution in [3.05, 3.63) is 40.3 Å². The summed E-state index contributed by atoms with van der Waals surface area (Å²) in [5.74, 6) is -0.488. The second-order valence-electron chi connectivity index (χ2n) is 4.43. The molecule has 2 aromatic heterocycles. The number of nitrogens with zero attached hydrogens (tertiary/aromatic N) is 2. The predicted octanol–water partition coefficient (Wildman–Crippen LogP) is 2.09. The van der Waals surface area contributed by atoms with Gasteiger partial charge in [-0.1, -0.05) is 18.2 Å². The number of benzene rings is 1. The van der Waals surface area contributed by atoms with Crippen molar-refractivity contribution in [1.82, 2.24) is 9.78 Å². The van der Waals surface area contributed by atoms with Crippen LogP contribution >= 0.6 is 11.3 Å². The number of carbonyl (C=O) groups is 1. The van der Waals surface area contributed by atoms with E-state index in [9.17, 15) is 9.59 Å². The summed E-state index contributed by atoms with van der Waals surface area (Å²) in [6.07, 6.45) is 0. The highest BCUT2D eigenvalue weighted by Gasteiger charge is 2.15. The quantitative estimate of drug-likeness (QED) is 0.677. The molecule has 2 heterocycles. The highest BCUT2D eigenvalue weighted by molar-refractivity contribution is 7.26. The molecule has 0 saturated heterocycles. The molecule has 20 heavy (non-hydrogen) atoms. The monoisotopic (exact) mass is 288 g/mol. The summed E-state index contributed by atoms with van der Waals surface area (Å²) in [5.41, 5.74) is 0.484. The molecule has 0 fully saturated rings. The first-order chi connectivity index (χ1) is 9.61. The summed E-state index contributed by atoms with van der Waals surface area (Å²) in [6.45, 7) is 1.67. The van der Waals surface area contributed by atoms with Gasteiger partial charge in [0.05, 0.1) is 22.9 Å². The number of fused-ring (bicyclic) bond motifs is 3. The Bertz CT molecular complexity index is 879. The van der Waals surface area contributed by atoms with E-state index < -0.39 is 5.97 Å². The fourth-order valence-electron chi connectivity index (χ4n) is 2.21. The number of hydrogen-bond donors (Lipinski definition) is 0. The summed E-state index contributed by atoms with van der Waals surface area (Å²) in [4.78, 5) is 23.9. The van der Waals surface area contributed by atoms with Gasteiger partial charge in [-0.05, 0) is 13.0 Å². The largest absolute Gasteiger partial charge is 0.468 e. The van der Waals surface area contributed by atoms with Crippen molar-refractivity contribution in [3.63, 3.8) is 0 Å².